The number of hydrogen-bond acceptors (Lipinski definition) is 4. The van der Waals surface area contributed by atoms with Crippen molar-refractivity contribution < 1.29 is 18.7 Å². The predicted molar refractivity (Wildman–Crippen MR) is 78.3 cm³/mol. The van der Waals surface area contributed by atoms with Crippen LogP contribution < -0.4 is 10.5 Å². The third-order valence-corrected chi connectivity index (χ3v) is 2.89. The molecule has 4 nitrogen and oxygen atoms in total. The minimum absolute atomic E-state index is 0.00872. The standard InChI is InChI=1S/C15H13ClFNO3/c1-2-20-15(19)10-7-9(18)8-11(16)14(10)21-13-6-4-3-5-12(13)17/h3-8H,2,18H2,1H3. The fourth-order valence-electron chi connectivity index (χ4n) is 1.72. The molecule has 2 rings (SSSR count). The summed E-state index contributed by atoms with van der Waals surface area (Å²) in [6.07, 6.45) is 0. The summed E-state index contributed by atoms with van der Waals surface area (Å²) in [6.45, 7) is 1.85. The molecule has 0 aliphatic rings. The normalized spacial score (nSPS) is 10.2. The Labute approximate surface area is 126 Å². The molecule has 2 aromatic rings. The Morgan fingerprint density at radius 3 is 2.71 bits per heavy atom. The van der Waals surface area contributed by atoms with Gasteiger partial charge in [0.2, 0.25) is 0 Å². The van der Waals surface area contributed by atoms with E-state index in [0.717, 1.165) is 0 Å². The average molecular weight is 310 g/mol. The molecule has 0 radical (unpaired) electrons. The molecule has 110 valence electrons. The second-order valence-electron chi connectivity index (χ2n) is 4.13. The van der Waals surface area contributed by atoms with Crippen molar-refractivity contribution in [2.75, 3.05) is 12.3 Å². The van der Waals surface area contributed by atoms with Gasteiger partial charge in [0.05, 0.1) is 11.6 Å². The summed E-state index contributed by atoms with van der Waals surface area (Å²) >= 11 is 6.05. The fraction of sp³-hybridized carbons (Fsp3) is 0.133. The van der Waals surface area contributed by atoms with E-state index in [1.54, 1.807) is 13.0 Å². The van der Waals surface area contributed by atoms with Gasteiger partial charge in [-0.25, -0.2) is 9.18 Å². The minimum atomic E-state index is -0.641. The van der Waals surface area contributed by atoms with Crippen molar-refractivity contribution in [3.05, 3.63) is 52.8 Å². The smallest absolute Gasteiger partial charge is 0.342 e. The fourth-order valence-corrected chi connectivity index (χ4v) is 1.98. The van der Waals surface area contributed by atoms with Crippen LogP contribution in [0.5, 0.6) is 11.5 Å². The second kappa shape index (κ2) is 6.45. The maximum absolute atomic E-state index is 13.7. The van der Waals surface area contributed by atoms with Crippen LogP contribution in [0.3, 0.4) is 0 Å². The number of para-hydroxylation sites is 1. The zero-order chi connectivity index (χ0) is 15.4. The van der Waals surface area contributed by atoms with Crippen LogP contribution in [0.15, 0.2) is 36.4 Å². The lowest BCUT2D eigenvalue weighted by Crippen LogP contribution is -2.08. The molecule has 0 aliphatic heterocycles. The number of nitrogen functional groups attached to an aromatic ring is 1. The van der Waals surface area contributed by atoms with Gasteiger partial charge in [-0.2, -0.15) is 0 Å². The molecule has 2 N–H and O–H groups in total. The van der Waals surface area contributed by atoms with Crippen LogP contribution >= 0.6 is 11.6 Å². The molecule has 0 atom stereocenters. The molecule has 0 bridgehead atoms. The summed E-state index contributed by atoms with van der Waals surface area (Å²) in [5.41, 5.74) is 5.99. The number of carbonyl (C=O) groups excluding carboxylic acids is 1. The number of anilines is 1. The molecule has 0 saturated carbocycles. The Morgan fingerprint density at radius 2 is 2.05 bits per heavy atom. The highest BCUT2D eigenvalue weighted by Crippen LogP contribution is 2.36. The van der Waals surface area contributed by atoms with E-state index in [-0.39, 0.29) is 34.4 Å². The lowest BCUT2D eigenvalue weighted by molar-refractivity contribution is 0.0523. The molecular formula is C15H13ClFNO3. The first-order chi connectivity index (χ1) is 10.0. The summed E-state index contributed by atoms with van der Waals surface area (Å²) < 4.78 is 24.0. The topological polar surface area (TPSA) is 61.5 Å². The zero-order valence-electron chi connectivity index (χ0n) is 11.2. The Hall–Kier alpha value is -2.27. The van der Waals surface area contributed by atoms with E-state index >= 15 is 0 Å². The highest BCUT2D eigenvalue weighted by molar-refractivity contribution is 6.33. The van der Waals surface area contributed by atoms with Crippen molar-refractivity contribution in [3.8, 4) is 11.5 Å². The number of esters is 1. The van der Waals surface area contributed by atoms with E-state index in [4.69, 9.17) is 26.8 Å². The van der Waals surface area contributed by atoms with Crippen LogP contribution in [0.2, 0.25) is 5.02 Å². The third-order valence-electron chi connectivity index (χ3n) is 2.61. The number of halogens is 2. The van der Waals surface area contributed by atoms with E-state index in [0.29, 0.717) is 0 Å². The average Bonchev–Trinajstić information content (AvgIpc) is 2.43. The molecule has 0 spiro atoms. The number of nitrogens with two attached hydrogens (primary N) is 1. The van der Waals surface area contributed by atoms with Gasteiger partial charge in [0, 0.05) is 5.69 Å². The SMILES string of the molecule is CCOC(=O)c1cc(N)cc(Cl)c1Oc1ccccc1F. The first-order valence-corrected chi connectivity index (χ1v) is 6.59. The summed E-state index contributed by atoms with van der Waals surface area (Å²) in [5.74, 6) is -1.25. The van der Waals surface area contributed by atoms with Crippen molar-refractivity contribution in [2.24, 2.45) is 0 Å². The Bertz CT molecular complexity index is 676. The first-order valence-electron chi connectivity index (χ1n) is 6.21. The highest BCUT2D eigenvalue weighted by atomic mass is 35.5. The van der Waals surface area contributed by atoms with E-state index in [9.17, 15) is 9.18 Å². The maximum atomic E-state index is 13.7. The van der Waals surface area contributed by atoms with Crippen molar-refractivity contribution in [1.29, 1.82) is 0 Å². The molecule has 0 unspecified atom stereocenters. The summed E-state index contributed by atoms with van der Waals surface area (Å²) in [4.78, 5) is 11.9. The van der Waals surface area contributed by atoms with Gasteiger partial charge >= 0.3 is 5.97 Å². The Morgan fingerprint density at radius 1 is 1.33 bits per heavy atom. The van der Waals surface area contributed by atoms with Gasteiger partial charge in [0.15, 0.2) is 17.3 Å². The monoisotopic (exact) mass is 309 g/mol. The van der Waals surface area contributed by atoms with Crippen molar-refractivity contribution in [1.82, 2.24) is 0 Å². The number of benzene rings is 2. The van der Waals surface area contributed by atoms with E-state index in [1.165, 1.54) is 30.3 Å². The molecule has 2 aromatic carbocycles. The van der Waals surface area contributed by atoms with Crippen LogP contribution in [0.4, 0.5) is 10.1 Å². The molecule has 0 aromatic heterocycles. The third kappa shape index (κ3) is 3.44. The number of ether oxygens (including phenoxy) is 2. The highest BCUT2D eigenvalue weighted by Gasteiger charge is 2.20. The van der Waals surface area contributed by atoms with Gasteiger partial charge in [0.25, 0.3) is 0 Å². The van der Waals surface area contributed by atoms with Crippen LogP contribution in [0.1, 0.15) is 17.3 Å². The van der Waals surface area contributed by atoms with E-state index in [1.807, 2.05) is 0 Å². The van der Waals surface area contributed by atoms with Gasteiger partial charge in [-0.05, 0) is 31.2 Å². The van der Waals surface area contributed by atoms with Gasteiger partial charge < -0.3 is 15.2 Å². The molecule has 0 aliphatic carbocycles. The Kier molecular flexibility index (Phi) is 4.65. The largest absolute Gasteiger partial charge is 0.462 e. The molecular weight excluding hydrogens is 297 g/mol. The molecule has 0 fully saturated rings. The molecule has 21 heavy (non-hydrogen) atoms. The minimum Gasteiger partial charge on any atom is -0.462 e. The van der Waals surface area contributed by atoms with Gasteiger partial charge in [0.1, 0.15) is 5.56 Å². The van der Waals surface area contributed by atoms with Crippen molar-refractivity contribution in [3.63, 3.8) is 0 Å². The van der Waals surface area contributed by atoms with E-state index in [2.05, 4.69) is 0 Å². The zero-order valence-corrected chi connectivity index (χ0v) is 12.0. The van der Waals surface area contributed by atoms with Gasteiger partial charge in [-0.1, -0.05) is 23.7 Å². The second-order valence-corrected chi connectivity index (χ2v) is 4.54. The summed E-state index contributed by atoms with van der Waals surface area (Å²) in [7, 11) is 0. The lowest BCUT2D eigenvalue weighted by Gasteiger charge is -2.13. The summed E-state index contributed by atoms with van der Waals surface area (Å²) in [6, 6.07) is 8.59. The molecule has 0 heterocycles. The number of rotatable bonds is 4. The van der Waals surface area contributed by atoms with Crippen molar-refractivity contribution >= 4 is 23.3 Å². The Balaban J connectivity index is 2.47. The van der Waals surface area contributed by atoms with Crippen molar-refractivity contribution in [2.45, 2.75) is 6.92 Å². The number of hydrogen-bond donors (Lipinski definition) is 1. The van der Waals surface area contributed by atoms with E-state index < -0.39 is 11.8 Å². The van der Waals surface area contributed by atoms with Crippen LogP contribution in [0.25, 0.3) is 0 Å². The quantitative estimate of drug-likeness (QED) is 0.684. The van der Waals surface area contributed by atoms with Crippen LogP contribution in [-0.4, -0.2) is 12.6 Å². The lowest BCUT2D eigenvalue weighted by atomic mass is 10.1. The van der Waals surface area contributed by atoms with Gasteiger partial charge in [-0.15, -0.1) is 0 Å². The maximum Gasteiger partial charge on any atom is 0.342 e. The number of carbonyl (C=O) groups is 1. The van der Waals surface area contributed by atoms with Crippen LogP contribution in [-0.2, 0) is 4.74 Å². The predicted octanol–water partition coefficient (Wildman–Crippen LogP) is 4.03. The van der Waals surface area contributed by atoms with Gasteiger partial charge in [-0.3, -0.25) is 0 Å². The molecule has 0 amide bonds. The first kappa shape index (κ1) is 15.1. The summed E-state index contributed by atoms with van der Waals surface area (Å²) in [5, 5.41) is 0.0984. The van der Waals surface area contributed by atoms with Crippen LogP contribution in [0, 0.1) is 5.82 Å². The molecule has 0 saturated heterocycles. The molecule has 6 heteroatoms.